The molecule has 0 bridgehead atoms. The van der Waals surface area contributed by atoms with Crippen LogP contribution < -0.4 is 0 Å². The molecule has 0 aromatic rings. The normalized spacial score (nSPS) is 34.6. The Bertz CT molecular complexity index is 360. The Morgan fingerprint density at radius 1 is 1.65 bits per heavy atom. The van der Waals surface area contributed by atoms with Crippen LogP contribution in [0, 0.1) is 17.3 Å². The van der Waals surface area contributed by atoms with Gasteiger partial charge in [0.25, 0.3) is 0 Å². The minimum absolute atomic E-state index is 0.0136. The van der Waals surface area contributed by atoms with Gasteiger partial charge < -0.3 is 9.47 Å². The smallest absolute Gasteiger partial charge is 0.324 e. The highest BCUT2D eigenvalue weighted by atomic mass is 16.6. The molecule has 0 radical (unpaired) electrons. The lowest BCUT2D eigenvalue weighted by Crippen LogP contribution is -2.28. The number of esters is 2. The summed E-state index contributed by atoms with van der Waals surface area (Å²) in [5.74, 6) is -0.900. The van der Waals surface area contributed by atoms with E-state index in [4.69, 9.17) is 9.47 Å². The molecular formula is C13H18O4. The Balaban J connectivity index is 2.04. The molecule has 4 heteroatoms. The molecule has 0 N–H and O–H groups in total. The van der Waals surface area contributed by atoms with Gasteiger partial charge in [-0.2, -0.15) is 0 Å². The van der Waals surface area contributed by atoms with Crippen LogP contribution in [-0.2, 0) is 19.1 Å². The number of carbonyl (C=O) groups is 2. The highest BCUT2D eigenvalue weighted by Gasteiger charge is 2.79. The highest BCUT2D eigenvalue weighted by Crippen LogP contribution is 2.64. The maximum atomic E-state index is 11.7. The Morgan fingerprint density at radius 2 is 2.41 bits per heavy atom. The van der Waals surface area contributed by atoms with Crippen molar-refractivity contribution in [3.63, 3.8) is 0 Å². The van der Waals surface area contributed by atoms with E-state index in [-0.39, 0.29) is 11.8 Å². The van der Waals surface area contributed by atoms with E-state index in [2.05, 4.69) is 13.0 Å². The van der Waals surface area contributed by atoms with Crippen molar-refractivity contribution in [3.05, 3.63) is 12.2 Å². The minimum Gasteiger partial charge on any atom is -0.468 e. The van der Waals surface area contributed by atoms with E-state index in [1.165, 1.54) is 7.11 Å². The maximum Gasteiger partial charge on any atom is 0.324 e. The van der Waals surface area contributed by atoms with Crippen LogP contribution in [0.4, 0.5) is 0 Å². The van der Waals surface area contributed by atoms with Crippen LogP contribution >= 0.6 is 0 Å². The fourth-order valence-corrected chi connectivity index (χ4v) is 2.69. The van der Waals surface area contributed by atoms with Crippen LogP contribution in [0.15, 0.2) is 12.2 Å². The van der Waals surface area contributed by atoms with E-state index >= 15 is 0 Å². The summed E-state index contributed by atoms with van der Waals surface area (Å²) in [7, 11) is 1.32. The lowest BCUT2D eigenvalue weighted by molar-refractivity contribution is -0.159. The molecule has 0 aromatic carbocycles. The third kappa shape index (κ3) is 1.66. The van der Waals surface area contributed by atoms with Gasteiger partial charge in [-0.3, -0.25) is 9.59 Å². The van der Waals surface area contributed by atoms with Gasteiger partial charge in [-0.05, 0) is 6.42 Å². The molecule has 1 saturated carbocycles. The molecule has 1 saturated heterocycles. The van der Waals surface area contributed by atoms with Crippen molar-refractivity contribution in [2.45, 2.75) is 26.2 Å². The largest absolute Gasteiger partial charge is 0.468 e. The third-order valence-electron chi connectivity index (χ3n) is 3.76. The molecule has 1 aliphatic heterocycles. The maximum absolute atomic E-state index is 11.7. The molecule has 4 nitrogen and oxygen atoms in total. The molecule has 17 heavy (non-hydrogen) atoms. The molecule has 2 rings (SSSR count). The van der Waals surface area contributed by atoms with Crippen molar-refractivity contribution in [3.8, 4) is 0 Å². The summed E-state index contributed by atoms with van der Waals surface area (Å²) in [6.07, 6.45) is 7.31. The number of ether oxygens (including phenoxy) is 2. The molecule has 2 aliphatic rings. The van der Waals surface area contributed by atoms with E-state index in [0.29, 0.717) is 6.61 Å². The molecule has 1 heterocycles. The van der Waals surface area contributed by atoms with Crippen molar-refractivity contribution < 1.29 is 19.1 Å². The van der Waals surface area contributed by atoms with Gasteiger partial charge >= 0.3 is 11.9 Å². The van der Waals surface area contributed by atoms with Gasteiger partial charge in [0.2, 0.25) is 0 Å². The number of rotatable bonds is 5. The van der Waals surface area contributed by atoms with Gasteiger partial charge in [0.15, 0.2) is 5.41 Å². The molecule has 3 unspecified atom stereocenters. The first-order valence-corrected chi connectivity index (χ1v) is 6.11. The van der Waals surface area contributed by atoms with Crippen LogP contribution in [0.2, 0.25) is 0 Å². The van der Waals surface area contributed by atoms with E-state index < -0.39 is 17.4 Å². The number of allylic oxidation sites excluding steroid dienone is 2. The summed E-state index contributed by atoms with van der Waals surface area (Å²) in [6, 6.07) is 0. The molecule has 1 aliphatic carbocycles. The van der Waals surface area contributed by atoms with Crippen LogP contribution in [0.1, 0.15) is 26.2 Å². The second-order valence-electron chi connectivity index (χ2n) is 4.66. The Morgan fingerprint density at radius 3 is 3.06 bits per heavy atom. The first kappa shape index (κ1) is 12.1. The van der Waals surface area contributed by atoms with Crippen molar-refractivity contribution in [1.29, 1.82) is 0 Å². The Labute approximate surface area is 101 Å². The van der Waals surface area contributed by atoms with Gasteiger partial charge in [-0.15, -0.1) is 0 Å². The molecule has 2 fully saturated rings. The lowest BCUT2D eigenvalue weighted by Gasteiger charge is -2.08. The quantitative estimate of drug-likeness (QED) is 0.316. The summed E-state index contributed by atoms with van der Waals surface area (Å²) in [5.41, 5.74) is -1.02. The number of fused-ring (bicyclic) bond motifs is 1. The lowest BCUT2D eigenvalue weighted by atomic mass is 10.0. The monoisotopic (exact) mass is 238 g/mol. The predicted octanol–water partition coefficient (Wildman–Crippen LogP) is 1.70. The van der Waals surface area contributed by atoms with Crippen molar-refractivity contribution in [2.24, 2.45) is 17.3 Å². The summed E-state index contributed by atoms with van der Waals surface area (Å²) in [5, 5.41) is 0. The van der Waals surface area contributed by atoms with E-state index in [1.54, 1.807) is 0 Å². The average Bonchev–Trinajstić information content (AvgIpc) is 2.86. The molecular weight excluding hydrogens is 220 g/mol. The fraction of sp³-hybridized carbons (Fsp3) is 0.692. The van der Waals surface area contributed by atoms with Gasteiger partial charge in [-0.25, -0.2) is 0 Å². The summed E-state index contributed by atoms with van der Waals surface area (Å²) >= 11 is 0. The topological polar surface area (TPSA) is 52.6 Å². The van der Waals surface area contributed by atoms with Gasteiger partial charge in [0, 0.05) is 11.8 Å². The van der Waals surface area contributed by atoms with Crippen LogP contribution in [-0.4, -0.2) is 25.7 Å². The molecule has 0 amide bonds. The van der Waals surface area contributed by atoms with Gasteiger partial charge in [0.1, 0.15) is 0 Å². The minimum atomic E-state index is -1.02. The predicted molar refractivity (Wildman–Crippen MR) is 61.1 cm³/mol. The van der Waals surface area contributed by atoms with E-state index in [1.807, 2.05) is 6.08 Å². The Kier molecular flexibility index (Phi) is 3.22. The number of cyclic esters (lactones) is 1. The van der Waals surface area contributed by atoms with Crippen LogP contribution in [0.25, 0.3) is 0 Å². The van der Waals surface area contributed by atoms with Crippen molar-refractivity contribution in [1.82, 2.24) is 0 Å². The first-order chi connectivity index (χ1) is 8.19. The van der Waals surface area contributed by atoms with Crippen LogP contribution in [0.3, 0.4) is 0 Å². The van der Waals surface area contributed by atoms with E-state index in [9.17, 15) is 9.59 Å². The number of methoxy groups -OCH3 is 1. The summed E-state index contributed by atoms with van der Waals surface area (Å²) < 4.78 is 9.66. The van der Waals surface area contributed by atoms with Crippen molar-refractivity contribution >= 4 is 11.9 Å². The zero-order valence-electron chi connectivity index (χ0n) is 10.3. The number of unbranched alkanes of at least 4 members (excludes halogenated alkanes) is 2. The number of carbonyl (C=O) groups excluding carboxylic acids is 2. The zero-order valence-corrected chi connectivity index (χ0v) is 10.3. The number of hydrogen-bond donors (Lipinski definition) is 0. The molecule has 3 atom stereocenters. The SMILES string of the molecule is CCCC/C=C/C1C2COC(=O)C12C(=O)OC. The average molecular weight is 238 g/mol. The first-order valence-electron chi connectivity index (χ1n) is 6.11. The molecule has 0 aromatic heterocycles. The zero-order chi connectivity index (χ0) is 12.5. The third-order valence-corrected chi connectivity index (χ3v) is 3.76. The fourth-order valence-electron chi connectivity index (χ4n) is 2.69. The van der Waals surface area contributed by atoms with E-state index in [0.717, 1.165) is 19.3 Å². The second-order valence-corrected chi connectivity index (χ2v) is 4.66. The van der Waals surface area contributed by atoms with Gasteiger partial charge in [0.05, 0.1) is 13.7 Å². The number of hydrogen-bond acceptors (Lipinski definition) is 4. The Hall–Kier alpha value is -1.32. The van der Waals surface area contributed by atoms with Crippen LogP contribution in [0.5, 0.6) is 0 Å². The summed E-state index contributed by atoms with van der Waals surface area (Å²) in [4.78, 5) is 23.4. The molecule has 0 spiro atoms. The second kappa shape index (κ2) is 4.51. The standard InChI is InChI=1S/C13H18O4/c1-3-4-5-6-7-9-10-8-17-12(15)13(9,10)11(14)16-2/h6-7,9-10H,3-5,8H2,1-2H3/b7-6+. The molecule has 94 valence electrons. The van der Waals surface area contributed by atoms with Gasteiger partial charge in [-0.1, -0.05) is 31.9 Å². The summed E-state index contributed by atoms with van der Waals surface area (Å²) in [6.45, 7) is 2.48. The highest BCUT2D eigenvalue weighted by molar-refractivity contribution is 6.06. The van der Waals surface area contributed by atoms with Crippen molar-refractivity contribution in [2.75, 3.05) is 13.7 Å².